The summed E-state index contributed by atoms with van der Waals surface area (Å²) in [4.78, 5) is 17.9. The second kappa shape index (κ2) is 8.29. The van der Waals surface area contributed by atoms with Crippen LogP contribution in [0.4, 0.5) is 5.69 Å². The molecule has 4 rings (SSSR count). The molecule has 2 aromatic carbocycles. The predicted molar refractivity (Wildman–Crippen MR) is 116 cm³/mol. The van der Waals surface area contributed by atoms with Crippen LogP contribution in [0.5, 0.6) is 5.75 Å². The van der Waals surface area contributed by atoms with Crippen molar-refractivity contribution in [1.29, 1.82) is 0 Å². The maximum Gasteiger partial charge on any atom is 0.276 e. The van der Waals surface area contributed by atoms with E-state index < -0.39 is 0 Å². The van der Waals surface area contributed by atoms with Gasteiger partial charge in [0.2, 0.25) is 0 Å². The number of carbonyl (C=O) groups excluding carboxylic acids is 1. The number of ether oxygens (including phenoxy) is 1. The third-order valence-electron chi connectivity index (χ3n) is 5.30. The summed E-state index contributed by atoms with van der Waals surface area (Å²) in [7, 11) is 1.56. The molecule has 2 heterocycles. The van der Waals surface area contributed by atoms with Gasteiger partial charge in [0.1, 0.15) is 17.3 Å². The first kappa shape index (κ1) is 19.5. The topological polar surface area (TPSA) is 56.1 Å². The van der Waals surface area contributed by atoms with Crippen molar-refractivity contribution in [2.75, 3.05) is 12.4 Å². The number of methoxy groups -OCH3 is 1. The van der Waals surface area contributed by atoms with E-state index in [1.807, 2.05) is 0 Å². The van der Waals surface area contributed by atoms with Crippen molar-refractivity contribution in [3.63, 3.8) is 0 Å². The molecule has 6 heteroatoms. The Balaban J connectivity index is 1.70. The van der Waals surface area contributed by atoms with Gasteiger partial charge in [0.05, 0.1) is 17.8 Å². The Morgan fingerprint density at radius 2 is 1.93 bits per heavy atom. The van der Waals surface area contributed by atoms with Crippen molar-refractivity contribution >= 4 is 23.2 Å². The first-order valence-electron chi connectivity index (χ1n) is 9.88. The highest BCUT2D eigenvalue weighted by Crippen LogP contribution is 2.30. The average molecular weight is 410 g/mol. The number of hydrogen-bond acceptors (Lipinski definition) is 3. The molecule has 0 bridgehead atoms. The van der Waals surface area contributed by atoms with Gasteiger partial charge in [0.25, 0.3) is 5.91 Å². The number of rotatable bonds is 4. The third kappa shape index (κ3) is 4.01. The van der Waals surface area contributed by atoms with Crippen LogP contribution in [0.1, 0.15) is 41.0 Å². The minimum atomic E-state index is -0.213. The Kier molecular flexibility index (Phi) is 5.58. The molecule has 1 aliphatic rings. The summed E-state index contributed by atoms with van der Waals surface area (Å²) in [6.45, 7) is 2.95. The van der Waals surface area contributed by atoms with Gasteiger partial charge >= 0.3 is 0 Å². The molecule has 0 spiro atoms. The number of halogens is 1. The number of hydrogen-bond donors (Lipinski definition) is 1. The Labute approximate surface area is 175 Å². The maximum absolute atomic E-state index is 13.1. The number of imidazole rings is 1. The fraction of sp³-hybridized carbons (Fsp3) is 0.304. The number of carbonyl (C=O) groups is 1. The highest BCUT2D eigenvalue weighted by molar-refractivity contribution is 6.32. The zero-order valence-corrected chi connectivity index (χ0v) is 17.4. The van der Waals surface area contributed by atoms with Gasteiger partial charge in [-0.25, -0.2) is 4.98 Å². The van der Waals surface area contributed by atoms with Gasteiger partial charge < -0.3 is 14.6 Å². The number of anilines is 1. The third-order valence-corrected chi connectivity index (χ3v) is 5.60. The lowest BCUT2D eigenvalue weighted by atomic mass is 10.1. The van der Waals surface area contributed by atoms with Gasteiger partial charge in [-0.05, 0) is 44.4 Å². The van der Waals surface area contributed by atoms with Crippen LogP contribution in [0.15, 0.2) is 42.5 Å². The monoisotopic (exact) mass is 409 g/mol. The van der Waals surface area contributed by atoms with E-state index >= 15 is 0 Å². The van der Waals surface area contributed by atoms with Crippen molar-refractivity contribution < 1.29 is 9.53 Å². The zero-order chi connectivity index (χ0) is 20.4. The number of benzene rings is 2. The standard InChI is InChI=1S/C23H24ClN3O2/c1-15-7-9-16(10-8-15)22-26-21(19-6-4-3-5-13-27(19)22)23(28)25-17-11-12-20(29-2)18(24)14-17/h7-12,14H,3-6,13H2,1-2H3,(H,25,28). The molecule has 1 amide bonds. The summed E-state index contributed by atoms with van der Waals surface area (Å²) in [6.07, 6.45) is 4.17. The van der Waals surface area contributed by atoms with Gasteiger partial charge in [0, 0.05) is 17.8 Å². The summed E-state index contributed by atoms with van der Waals surface area (Å²) in [5.41, 5.74) is 4.36. The molecular weight excluding hydrogens is 386 g/mol. The van der Waals surface area contributed by atoms with Gasteiger partial charge in [-0.3, -0.25) is 4.79 Å². The Morgan fingerprint density at radius 1 is 1.14 bits per heavy atom. The molecule has 0 aliphatic carbocycles. The smallest absolute Gasteiger partial charge is 0.276 e. The van der Waals surface area contributed by atoms with E-state index in [0.717, 1.165) is 49.3 Å². The summed E-state index contributed by atoms with van der Waals surface area (Å²) in [5.74, 6) is 1.22. The molecule has 1 aliphatic heterocycles. The summed E-state index contributed by atoms with van der Waals surface area (Å²) >= 11 is 6.20. The van der Waals surface area contributed by atoms with Crippen molar-refractivity contribution in [1.82, 2.24) is 9.55 Å². The van der Waals surface area contributed by atoms with E-state index in [9.17, 15) is 4.79 Å². The summed E-state index contributed by atoms with van der Waals surface area (Å²) in [5, 5.41) is 3.39. The first-order chi connectivity index (χ1) is 14.1. The van der Waals surface area contributed by atoms with E-state index in [-0.39, 0.29) is 5.91 Å². The van der Waals surface area contributed by atoms with Crippen LogP contribution in [0.3, 0.4) is 0 Å². The molecule has 0 saturated heterocycles. The number of aryl methyl sites for hydroxylation is 1. The van der Waals surface area contributed by atoms with E-state index in [1.165, 1.54) is 5.56 Å². The number of fused-ring (bicyclic) bond motifs is 1. The minimum absolute atomic E-state index is 0.213. The maximum atomic E-state index is 13.1. The van der Waals surface area contributed by atoms with Crippen LogP contribution in [-0.2, 0) is 13.0 Å². The molecule has 1 aromatic heterocycles. The van der Waals surface area contributed by atoms with Crippen molar-refractivity contribution in [3.8, 4) is 17.1 Å². The van der Waals surface area contributed by atoms with Crippen molar-refractivity contribution in [2.45, 2.75) is 39.2 Å². The molecule has 3 aromatic rings. The summed E-state index contributed by atoms with van der Waals surface area (Å²) < 4.78 is 7.39. The lowest BCUT2D eigenvalue weighted by Crippen LogP contribution is -2.15. The van der Waals surface area contributed by atoms with E-state index in [4.69, 9.17) is 21.3 Å². The molecule has 29 heavy (non-hydrogen) atoms. The fourth-order valence-electron chi connectivity index (χ4n) is 3.76. The van der Waals surface area contributed by atoms with Crippen LogP contribution < -0.4 is 10.1 Å². The molecule has 0 fully saturated rings. The van der Waals surface area contributed by atoms with Crippen LogP contribution in [0, 0.1) is 6.92 Å². The fourth-order valence-corrected chi connectivity index (χ4v) is 4.02. The van der Waals surface area contributed by atoms with Gasteiger partial charge in [0.15, 0.2) is 0 Å². The molecule has 0 unspecified atom stereocenters. The Hall–Kier alpha value is -2.79. The highest BCUT2D eigenvalue weighted by Gasteiger charge is 2.24. The molecule has 150 valence electrons. The van der Waals surface area contributed by atoms with E-state index in [2.05, 4.69) is 41.1 Å². The van der Waals surface area contributed by atoms with Crippen LogP contribution in [0.25, 0.3) is 11.4 Å². The predicted octanol–water partition coefficient (Wildman–Crippen LogP) is 5.50. The number of nitrogens with zero attached hydrogens (tertiary/aromatic N) is 2. The molecule has 1 N–H and O–H groups in total. The summed E-state index contributed by atoms with van der Waals surface area (Å²) in [6, 6.07) is 13.5. The SMILES string of the molecule is COc1ccc(NC(=O)c2nc(-c3ccc(C)cc3)n3c2CCCCC3)cc1Cl. The molecule has 0 saturated carbocycles. The lowest BCUT2D eigenvalue weighted by Gasteiger charge is -2.10. The van der Waals surface area contributed by atoms with Crippen molar-refractivity contribution in [3.05, 3.63) is 64.4 Å². The van der Waals surface area contributed by atoms with Crippen LogP contribution >= 0.6 is 11.6 Å². The second-order valence-corrected chi connectivity index (χ2v) is 7.77. The molecular formula is C23H24ClN3O2. The normalized spacial score (nSPS) is 13.5. The molecule has 0 atom stereocenters. The van der Waals surface area contributed by atoms with E-state index in [1.54, 1.807) is 25.3 Å². The highest BCUT2D eigenvalue weighted by atomic mass is 35.5. The first-order valence-corrected chi connectivity index (χ1v) is 10.3. The largest absolute Gasteiger partial charge is 0.495 e. The quantitative estimate of drug-likeness (QED) is 0.619. The average Bonchev–Trinajstić information content (AvgIpc) is 2.90. The number of nitrogens with one attached hydrogen (secondary N) is 1. The Bertz CT molecular complexity index is 1040. The minimum Gasteiger partial charge on any atom is -0.495 e. The zero-order valence-electron chi connectivity index (χ0n) is 16.7. The van der Waals surface area contributed by atoms with Crippen LogP contribution in [-0.4, -0.2) is 22.6 Å². The van der Waals surface area contributed by atoms with Gasteiger partial charge in [-0.15, -0.1) is 0 Å². The number of amides is 1. The van der Waals surface area contributed by atoms with Crippen molar-refractivity contribution in [2.24, 2.45) is 0 Å². The Morgan fingerprint density at radius 3 is 2.66 bits per heavy atom. The second-order valence-electron chi connectivity index (χ2n) is 7.36. The molecule has 0 radical (unpaired) electrons. The lowest BCUT2D eigenvalue weighted by molar-refractivity contribution is 0.102. The van der Waals surface area contributed by atoms with Gasteiger partial charge in [-0.2, -0.15) is 0 Å². The molecule has 5 nitrogen and oxygen atoms in total. The van der Waals surface area contributed by atoms with Crippen LogP contribution in [0.2, 0.25) is 5.02 Å². The van der Waals surface area contributed by atoms with Gasteiger partial charge in [-0.1, -0.05) is 47.9 Å². The number of aromatic nitrogens is 2. The van der Waals surface area contributed by atoms with E-state index in [0.29, 0.717) is 22.2 Å².